The summed E-state index contributed by atoms with van der Waals surface area (Å²) in [6.07, 6.45) is 2.99. The smallest absolute Gasteiger partial charge is 0.203 e. The van der Waals surface area contributed by atoms with Crippen molar-refractivity contribution < 1.29 is 0 Å². The predicted octanol–water partition coefficient (Wildman–Crippen LogP) is 3.53. The zero-order chi connectivity index (χ0) is 14.9. The van der Waals surface area contributed by atoms with Crippen LogP contribution in [0.5, 0.6) is 0 Å². The number of hydrogen-bond acceptors (Lipinski definition) is 5. The molecule has 0 aromatic carbocycles. The van der Waals surface area contributed by atoms with Gasteiger partial charge in [0.15, 0.2) is 0 Å². The molecule has 2 heterocycles. The van der Waals surface area contributed by atoms with Crippen LogP contribution in [-0.4, -0.2) is 19.1 Å². The molecular weight excluding hydrogens is 270 g/mol. The Morgan fingerprint density at radius 3 is 2.60 bits per heavy atom. The second-order valence-corrected chi connectivity index (χ2v) is 6.77. The maximum Gasteiger partial charge on any atom is 0.203 e. The molecule has 5 nitrogen and oxygen atoms in total. The molecule has 1 atom stereocenters. The fourth-order valence-corrected chi connectivity index (χ4v) is 2.70. The minimum atomic E-state index is 0.000841. The van der Waals surface area contributed by atoms with E-state index < -0.39 is 0 Å². The summed E-state index contributed by atoms with van der Waals surface area (Å²) in [6, 6.07) is 0.170. The molecule has 0 saturated heterocycles. The zero-order valence-electron chi connectivity index (χ0n) is 13.1. The molecule has 0 aliphatic heterocycles. The molecule has 2 aromatic rings. The average Bonchev–Trinajstić information content (AvgIpc) is 2.94. The minimum Gasteiger partial charge on any atom is -0.354 e. The van der Waals surface area contributed by atoms with E-state index in [4.69, 9.17) is 0 Å². The molecule has 0 radical (unpaired) electrons. The standard InChI is InChI=1S/C14H23N5S/c1-7-12-16-13(20-18-12)15-9(2)11-8-19(14(4,5)6)17-10(11)3/h8-9H,7H2,1-6H3,(H,15,16,18). The third-order valence-corrected chi connectivity index (χ3v) is 3.90. The van der Waals surface area contributed by atoms with Crippen LogP contribution in [0.1, 0.15) is 57.7 Å². The van der Waals surface area contributed by atoms with Gasteiger partial charge in [0.1, 0.15) is 5.82 Å². The van der Waals surface area contributed by atoms with Crippen molar-refractivity contribution in [1.82, 2.24) is 19.1 Å². The molecule has 0 aliphatic carbocycles. The van der Waals surface area contributed by atoms with Crippen molar-refractivity contribution in [3.8, 4) is 0 Å². The van der Waals surface area contributed by atoms with Gasteiger partial charge in [-0.25, -0.2) is 4.98 Å². The van der Waals surface area contributed by atoms with Gasteiger partial charge in [-0.05, 0) is 34.6 Å². The van der Waals surface area contributed by atoms with Gasteiger partial charge in [-0.1, -0.05) is 6.92 Å². The number of aromatic nitrogens is 4. The number of nitrogens with one attached hydrogen (secondary N) is 1. The van der Waals surface area contributed by atoms with Crippen LogP contribution in [0.4, 0.5) is 5.13 Å². The molecule has 0 bridgehead atoms. The summed E-state index contributed by atoms with van der Waals surface area (Å²) in [5.74, 6) is 0.895. The summed E-state index contributed by atoms with van der Waals surface area (Å²) >= 11 is 1.42. The van der Waals surface area contributed by atoms with Crippen LogP contribution in [0.15, 0.2) is 6.20 Å². The second kappa shape index (κ2) is 5.52. The Kier molecular flexibility index (Phi) is 4.13. The van der Waals surface area contributed by atoms with E-state index >= 15 is 0 Å². The van der Waals surface area contributed by atoms with E-state index in [1.165, 1.54) is 17.1 Å². The first-order valence-corrected chi connectivity index (χ1v) is 7.74. The van der Waals surface area contributed by atoms with Crippen molar-refractivity contribution in [3.63, 3.8) is 0 Å². The molecular formula is C14H23N5S. The van der Waals surface area contributed by atoms with Crippen molar-refractivity contribution in [2.24, 2.45) is 0 Å². The normalized spacial score (nSPS) is 13.5. The minimum absolute atomic E-state index is 0.000841. The average molecular weight is 293 g/mol. The molecule has 2 aromatic heterocycles. The Labute approximate surface area is 124 Å². The Hall–Kier alpha value is -1.43. The molecule has 110 valence electrons. The first-order valence-electron chi connectivity index (χ1n) is 6.97. The van der Waals surface area contributed by atoms with Gasteiger partial charge in [0.25, 0.3) is 0 Å². The maximum atomic E-state index is 4.61. The van der Waals surface area contributed by atoms with Crippen molar-refractivity contribution >= 4 is 16.7 Å². The highest BCUT2D eigenvalue weighted by atomic mass is 32.1. The third-order valence-electron chi connectivity index (χ3n) is 3.21. The number of hydrogen-bond donors (Lipinski definition) is 1. The van der Waals surface area contributed by atoms with Crippen LogP contribution in [0.3, 0.4) is 0 Å². The quantitative estimate of drug-likeness (QED) is 0.937. The van der Waals surface area contributed by atoms with E-state index in [2.05, 4.69) is 60.6 Å². The molecule has 2 rings (SSSR count). The number of rotatable bonds is 4. The van der Waals surface area contributed by atoms with Gasteiger partial charge in [0, 0.05) is 29.7 Å². The maximum absolute atomic E-state index is 4.61. The summed E-state index contributed by atoms with van der Waals surface area (Å²) in [5.41, 5.74) is 2.26. The Balaban J connectivity index is 2.16. The summed E-state index contributed by atoms with van der Waals surface area (Å²) in [7, 11) is 0. The molecule has 0 spiro atoms. The van der Waals surface area contributed by atoms with E-state index in [0.29, 0.717) is 0 Å². The SMILES string of the molecule is CCc1nsc(NC(C)c2cn(C(C)(C)C)nc2C)n1. The zero-order valence-corrected chi connectivity index (χ0v) is 13.9. The molecule has 0 amide bonds. The Morgan fingerprint density at radius 2 is 2.10 bits per heavy atom. The first kappa shape index (κ1) is 15.0. The van der Waals surface area contributed by atoms with Crippen LogP contribution in [0, 0.1) is 6.92 Å². The predicted molar refractivity (Wildman–Crippen MR) is 83.3 cm³/mol. The number of anilines is 1. The summed E-state index contributed by atoms with van der Waals surface area (Å²) in [5, 5.41) is 8.89. The molecule has 0 fully saturated rings. The summed E-state index contributed by atoms with van der Waals surface area (Å²) in [4.78, 5) is 4.45. The molecule has 1 unspecified atom stereocenters. The van der Waals surface area contributed by atoms with Crippen molar-refractivity contribution in [3.05, 3.63) is 23.3 Å². The number of nitrogens with zero attached hydrogens (tertiary/aromatic N) is 4. The highest BCUT2D eigenvalue weighted by molar-refractivity contribution is 7.09. The summed E-state index contributed by atoms with van der Waals surface area (Å²) in [6.45, 7) is 12.7. The monoisotopic (exact) mass is 293 g/mol. The van der Waals surface area contributed by atoms with E-state index in [1.54, 1.807) is 0 Å². The van der Waals surface area contributed by atoms with Gasteiger partial charge in [-0.2, -0.15) is 9.47 Å². The van der Waals surface area contributed by atoms with Crippen LogP contribution in [-0.2, 0) is 12.0 Å². The first-order chi connectivity index (χ1) is 9.31. The fourth-order valence-electron chi connectivity index (χ4n) is 1.96. The molecule has 6 heteroatoms. The Morgan fingerprint density at radius 1 is 1.40 bits per heavy atom. The van der Waals surface area contributed by atoms with E-state index in [9.17, 15) is 0 Å². The van der Waals surface area contributed by atoms with Crippen molar-refractivity contribution in [2.45, 2.75) is 59.5 Å². The molecule has 20 heavy (non-hydrogen) atoms. The molecule has 0 aliphatic rings. The van der Waals surface area contributed by atoms with Gasteiger partial charge in [0.2, 0.25) is 5.13 Å². The lowest BCUT2D eigenvalue weighted by atomic mass is 10.1. The Bertz CT molecular complexity index is 579. The van der Waals surface area contributed by atoms with Gasteiger partial charge >= 0.3 is 0 Å². The summed E-state index contributed by atoms with van der Waals surface area (Å²) < 4.78 is 6.32. The van der Waals surface area contributed by atoms with Crippen LogP contribution >= 0.6 is 11.5 Å². The largest absolute Gasteiger partial charge is 0.354 e. The van der Waals surface area contributed by atoms with E-state index in [1.807, 2.05) is 11.6 Å². The number of aryl methyl sites for hydroxylation is 2. The van der Waals surface area contributed by atoms with Crippen LogP contribution in [0.25, 0.3) is 0 Å². The highest BCUT2D eigenvalue weighted by Gasteiger charge is 2.19. The van der Waals surface area contributed by atoms with Crippen molar-refractivity contribution in [2.75, 3.05) is 5.32 Å². The topological polar surface area (TPSA) is 55.6 Å². The van der Waals surface area contributed by atoms with Gasteiger partial charge in [0.05, 0.1) is 17.3 Å². The third kappa shape index (κ3) is 3.17. The van der Waals surface area contributed by atoms with Gasteiger partial charge in [-0.3, -0.25) is 4.68 Å². The fraction of sp³-hybridized carbons (Fsp3) is 0.643. The van der Waals surface area contributed by atoms with E-state index in [0.717, 1.165) is 23.1 Å². The lowest BCUT2D eigenvalue weighted by molar-refractivity contribution is 0.354. The van der Waals surface area contributed by atoms with Gasteiger partial charge < -0.3 is 5.32 Å². The van der Waals surface area contributed by atoms with Crippen LogP contribution < -0.4 is 5.32 Å². The lowest BCUT2D eigenvalue weighted by Crippen LogP contribution is -2.22. The lowest BCUT2D eigenvalue weighted by Gasteiger charge is -2.19. The molecule has 1 N–H and O–H groups in total. The van der Waals surface area contributed by atoms with Gasteiger partial charge in [-0.15, -0.1) is 0 Å². The van der Waals surface area contributed by atoms with Crippen LogP contribution in [0.2, 0.25) is 0 Å². The molecule has 0 saturated carbocycles. The van der Waals surface area contributed by atoms with E-state index in [-0.39, 0.29) is 11.6 Å². The second-order valence-electron chi connectivity index (χ2n) is 6.02. The van der Waals surface area contributed by atoms with Crippen molar-refractivity contribution in [1.29, 1.82) is 0 Å². The highest BCUT2D eigenvalue weighted by Crippen LogP contribution is 2.25.